The van der Waals surface area contributed by atoms with Gasteiger partial charge in [-0.2, -0.15) is 4.31 Å². The Kier molecular flexibility index (Phi) is 4.68. The highest BCUT2D eigenvalue weighted by molar-refractivity contribution is 7.88. The zero-order chi connectivity index (χ0) is 18.2. The molecule has 138 valence electrons. The van der Waals surface area contributed by atoms with Crippen LogP contribution >= 0.6 is 0 Å². The first-order valence-electron chi connectivity index (χ1n) is 8.34. The number of rotatable bonds is 3. The number of nitrogens with zero attached hydrogens (tertiary/aromatic N) is 2. The lowest BCUT2D eigenvalue weighted by atomic mass is 9.82. The highest BCUT2D eigenvalue weighted by Gasteiger charge is 2.37. The van der Waals surface area contributed by atoms with Crippen molar-refractivity contribution in [3.05, 3.63) is 23.8 Å². The van der Waals surface area contributed by atoms with Crippen LogP contribution in [-0.4, -0.2) is 69.2 Å². The Morgan fingerprint density at radius 2 is 1.64 bits per heavy atom. The summed E-state index contributed by atoms with van der Waals surface area (Å²) in [5.41, 5.74) is 0.121. The number of hydrogen-bond donors (Lipinski definition) is 0. The molecule has 0 bridgehead atoms. The normalized spacial score (nSPS) is 18.9. The van der Waals surface area contributed by atoms with Crippen molar-refractivity contribution in [1.29, 1.82) is 0 Å². The summed E-state index contributed by atoms with van der Waals surface area (Å²) in [6.45, 7) is 6.26. The SMILES string of the molecule is CC(C)(C(=O)N1CCN(S(C)(=O)=O)CC1)c1ccc2c(c1)OCCO2. The van der Waals surface area contributed by atoms with Crippen LogP contribution in [0.1, 0.15) is 19.4 Å². The van der Waals surface area contributed by atoms with Crippen LogP contribution in [0.15, 0.2) is 18.2 Å². The molecule has 2 aliphatic heterocycles. The average molecular weight is 368 g/mol. The molecule has 1 aromatic rings. The van der Waals surface area contributed by atoms with Crippen LogP contribution < -0.4 is 9.47 Å². The molecule has 7 nitrogen and oxygen atoms in total. The summed E-state index contributed by atoms with van der Waals surface area (Å²) in [7, 11) is -3.21. The standard InChI is InChI=1S/C17H24N2O5S/c1-17(2,13-4-5-14-15(12-13)24-11-10-23-14)16(20)18-6-8-19(9-7-18)25(3,21)22/h4-5,12H,6-11H2,1-3H3. The molecule has 1 saturated heterocycles. The van der Waals surface area contributed by atoms with Crippen molar-refractivity contribution in [2.75, 3.05) is 45.6 Å². The van der Waals surface area contributed by atoms with Gasteiger partial charge in [0.2, 0.25) is 15.9 Å². The van der Waals surface area contributed by atoms with E-state index in [0.717, 1.165) is 5.56 Å². The van der Waals surface area contributed by atoms with E-state index in [1.165, 1.54) is 10.6 Å². The van der Waals surface area contributed by atoms with Crippen LogP contribution in [0.3, 0.4) is 0 Å². The summed E-state index contributed by atoms with van der Waals surface area (Å²) in [4.78, 5) is 14.8. The van der Waals surface area contributed by atoms with Gasteiger partial charge in [0.1, 0.15) is 13.2 Å². The molecular weight excluding hydrogens is 344 g/mol. The first kappa shape index (κ1) is 18.0. The molecule has 8 heteroatoms. The summed E-state index contributed by atoms with van der Waals surface area (Å²) in [6.07, 6.45) is 1.20. The van der Waals surface area contributed by atoms with E-state index >= 15 is 0 Å². The van der Waals surface area contributed by atoms with Crippen LogP contribution in [0.5, 0.6) is 11.5 Å². The van der Waals surface area contributed by atoms with Crippen LogP contribution in [-0.2, 0) is 20.2 Å². The minimum atomic E-state index is -3.21. The second-order valence-corrected chi connectivity index (χ2v) is 8.92. The van der Waals surface area contributed by atoms with Crippen LogP contribution in [0.25, 0.3) is 0 Å². The van der Waals surface area contributed by atoms with E-state index in [-0.39, 0.29) is 5.91 Å². The van der Waals surface area contributed by atoms with E-state index < -0.39 is 15.4 Å². The van der Waals surface area contributed by atoms with Gasteiger partial charge < -0.3 is 14.4 Å². The second-order valence-electron chi connectivity index (χ2n) is 6.94. The smallest absolute Gasteiger partial charge is 0.232 e. The van der Waals surface area contributed by atoms with Gasteiger partial charge >= 0.3 is 0 Å². The number of hydrogen-bond acceptors (Lipinski definition) is 5. The van der Waals surface area contributed by atoms with Gasteiger partial charge in [0.15, 0.2) is 11.5 Å². The van der Waals surface area contributed by atoms with E-state index in [2.05, 4.69) is 0 Å². The Hall–Kier alpha value is -1.80. The van der Waals surface area contributed by atoms with Gasteiger partial charge in [0, 0.05) is 26.2 Å². The van der Waals surface area contributed by atoms with Gasteiger partial charge in [-0.3, -0.25) is 4.79 Å². The van der Waals surface area contributed by atoms with Crippen LogP contribution in [0.2, 0.25) is 0 Å². The van der Waals surface area contributed by atoms with Gasteiger partial charge in [-0.25, -0.2) is 8.42 Å². The number of carbonyl (C=O) groups excluding carboxylic acids is 1. The van der Waals surface area contributed by atoms with Gasteiger partial charge in [0.25, 0.3) is 0 Å². The molecule has 1 fully saturated rings. The van der Waals surface area contributed by atoms with Crippen molar-refractivity contribution in [2.45, 2.75) is 19.3 Å². The van der Waals surface area contributed by atoms with Crippen LogP contribution in [0, 0.1) is 0 Å². The van der Waals surface area contributed by atoms with Crippen molar-refractivity contribution in [2.24, 2.45) is 0 Å². The lowest BCUT2D eigenvalue weighted by Crippen LogP contribution is -2.54. The second kappa shape index (κ2) is 6.49. The quantitative estimate of drug-likeness (QED) is 0.790. The molecular formula is C17H24N2O5S. The Morgan fingerprint density at radius 3 is 2.24 bits per heavy atom. The maximum atomic E-state index is 13.0. The fourth-order valence-corrected chi connectivity index (χ4v) is 4.00. The molecule has 3 rings (SSSR count). The minimum absolute atomic E-state index is 0.0164. The lowest BCUT2D eigenvalue weighted by molar-refractivity contribution is -0.137. The molecule has 0 unspecified atom stereocenters. The van der Waals surface area contributed by atoms with Crippen molar-refractivity contribution in [3.8, 4) is 11.5 Å². The number of benzene rings is 1. The molecule has 2 heterocycles. The molecule has 0 aromatic heterocycles. The molecule has 0 atom stereocenters. The molecule has 0 N–H and O–H groups in total. The van der Waals surface area contributed by atoms with Gasteiger partial charge in [0.05, 0.1) is 11.7 Å². The van der Waals surface area contributed by atoms with Crippen molar-refractivity contribution in [1.82, 2.24) is 9.21 Å². The zero-order valence-electron chi connectivity index (χ0n) is 14.8. The fourth-order valence-electron chi connectivity index (χ4n) is 3.17. The predicted octanol–water partition coefficient (Wildman–Crippen LogP) is 0.839. The monoisotopic (exact) mass is 368 g/mol. The van der Waals surface area contributed by atoms with E-state index in [4.69, 9.17) is 9.47 Å². The zero-order valence-corrected chi connectivity index (χ0v) is 15.6. The maximum absolute atomic E-state index is 13.0. The van der Waals surface area contributed by atoms with E-state index in [1.54, 1.807) is 4.90 Å². The number of ether oxygens (including phenoxy) is 2. The molecule has 0 saturated carbocycles. The third-order valence-electron chi connectivity index (χ3n) is 4.79. The largest absolute Gasteiger partial charge is 0.486 e. The summed E-state index contributed by atoms with van der Waals surface area (Å²) in [5.74, 6) is 1.34. The molecule has 0 aliphatic carbocycles. The first-order valence-corrected chi connectivity index (χ1v) is 10.2. The average Bonchev–Trinajstić information content (AvgIpc) is 2.60. The van der Waals surface area contributed by atoms with Gasteiger partial charge in [-0.15, -0.1) is 0 Å². The minimum Gasteiger partial charge on any atom is -0.486 e. The number of sulfonamides is 1. The number of fused-ring (bicyclic) bond motifs is 1. The van der Waals surface area contributed by atoms with E-state index in [1.807, 2.05) is 32.0 Å². The van der Waals surface area contributed by atoms with Crippen LogP contribution in [0.4, 0.5) is 0 Å². The van der Waals surface area contributed by atoms with E-state index in [0.29, 0.717) is 50.9 Å². The third kappa shape index (κ3) is 3.59. The third-order valence-corrected chi connectivity index (χ3v) is 6.10. The number of piperazine rings is 1. The van der Waals surface area contributed by atoms with Gasteiger partial charge in [-0.05, 0) is 31.5 Å². The number of carbonyl (C=O) groups is 1. The Bertz CT molecular complexity index is 767. The fraction of sp³-hybridized carbons (Fsp3) is 0.588. The number of amides is 1. The molecule has 1 aromatic carbocycles. The summed E-state index contributed by atoms with van der Waals surface area (Å²) in [6, 6.07) is 5.58. The Labute approximate surface area is 148 Å². The molecule has 0 spiro atoms. The summed E-state index contributed by atoms with van der Waals surface area (Å²) < 4.78 is 35.8. The summed E-state index contributed by atoms with van der Waals surface area (Å²) in [5, 5.41) is 0. The lowest BCUT2D eigenvalue weighted by Gasteiger charge is -2.38. The maximum Gasteiger partial charge on any atom is 0.232 e. The predicted molar refractivity (Wildman–Crippen MR) is 93.5 cm³/mol. The Balaban J connectivity index is 1.75. The summed E-state index contributed by atoms with van der Waals surface area (Å²) >= 11 is 0. The molecule has 2 aliphatic rings. The van der Waals surface area contributed by atoms with Crippen molar-refractivity contribution < 1.29 is 22.7 Å². The highest BCUT2D eigenvalue weighted by atomic mass is 32.2. The van der Waals surface area contributed by atoms with Crippen molar-refractivity contribution >= 4 is 15.9 Å². The van der Waals surface area contributed by atoms with Crippen molar-refractivity contribution in [3.63, 3.8) is 0 Å². The molecule has 1 amide bonds. The highest BCUT2D eigenvalue weighted by Crippen LogP contribution is 2.36. The molecule has 0 radical (unpaired) electrons. The topological polar surface area (TPSA) is 76.2 Å². The molecule has 25 heavy (non-hydrogen) atoms. The first-order chi connectivity index (χ1) is 11.7. The van der Waals surface area contributed by atoms with E-state index in [9.17, 15) is 13.2 Å². The Morgan fingerprint density at radius 1 is 1.04 bits per heavy atom. The van der Waals surface area contributed by atoms with Gasteiger partial charge in [-0.1, -0.05) is 6.07 Å².